The molecule has 0 aliphatic carbocycles. The number of unbranched alkanes of at least 4 members (excludes halogenated alkanes) is 37. The molecule has 0 bridgehead atoms. The van der Waals surface area contributed by atoms with E-state index in [4.69, 9.17) is 4.74 Å². The largest absolute Gasteiger partial charge is 0.466 e. The number of amides is 1. The molecule has 0 saturated heterocycles. The summed E-state index contributed by atoms with van der Waals surface area (Å²) in [4.78, 5) is 24.4. The van der Waals surface area contributed by atoms with Crippen molar-refractivity contribution >= 4 is 11.9 Å². The smallest absolute Gasteiger partial charge is 0.305 e. The Morgan fingerprint density at radius 1 is 0.421 bits per heavy atom. The molecule has 0 radical (unpaired) electrons. The highest BCUT2D eigenvalue weighted by atomic mass is 16.5. The third-order valence-corrected chi connectivity index (χ3v) is 12.2. The van der Waals surface area contributed by atoms with Crippen LogP contribution in [0.15, 0.2) is 0 Å². The van der Waals surface area contributed by atoms with Gasteiger partial charge in [-0.25, -0.2) is 0 Å². The summed E-state index contributed by atoms with van der Waals surface area (Å²) in [5.74, 6) is -0.0368. The second-order valence-corrected chi connectivity index (χ2v) is 17.9. The molecule has 0 aliphatic heterocycles. The summed E-state index contributed by atoms with van der Waals surface area (Å²) in [7, 11) is 0. The van der Waals surface area contributed by atoms with E-state index in [1.54, 1.807) is 0 Å². The van der Waals surface area contributed by atoms with Gasteiger partial charge in [-0.3, -0.25) is 9.59 Å². The minimum absolute atomic E-state index is 0.00622. The van der Waals surface area contributed by atoms with Crippen molar-refractivity contribution in [2.24, 2.45) is 0 Å². The van der Waals surface area contributed by atoms with Gasteiger partial charge in [0, 0.05) is 12.8 Å². The first kappa shape index (κ1) is 55.9. The van der Waals surface area contributed by atoms with E-state index in [9.17, 15) is 19.8 Å². The second kappa shape index (κ2) is 47.5. The first-order chi connectivity index (χ1) is 28.0. The molecule has 340 valence electrons. The Kier molecular flexibility index (Phi) is 46.6. The molecular weight excluding hydrogens is 707 g/mol. The van der Waals surface area contributed by atoms with Gasteiger partial charge in [-0.15, -0.1) is 0 Å². The Balaban J connectivity index is 3.37. The molecule has 0 aromatic heterocycles. The van der Waals surface area contributed by atoms with Gasteiger partial charge in [0.05, 0.1) is 25.4 Å². The lowest BCUT2D eigenvalue weighted by Gasteiger charge is -2.22. The van der Waals surface area contributed by atoms with E-state index in [1.807, 2.05) is 0 Å². The quantitative estimate of drug-likeness (QED) is 0.0420. The summed E-state index contributed by atoms with van der Waals surface area (Å²) in [6, 6.07) is -0.542. The van der Waals surface area contributed by atoms with Gasteiger partial charge in [-0.2, -0.15) is 0 Å². The van der Waals surface area contributed by atoms with E-state index in [0.717, 1.165) is 38.5 Å². The van der Waals surface area contributed by atoms with Gasteiger partial charge < -0.3 is 20.3 Å². The molecule has 2 atom stereocenters. The monoisotopic (exact) mass is 808 g/mol. The van der Waals surface area contributed by atoms with E-state index in [2.05, 4.69) is 19.2 Å². The van der Waals surface area contributed by atoms with Crippen molar-refractivity contribution in [3.05, 3.63) is 0 Å². The maximum absolute atomic E-state index is 12.4. The van der Waals surface area contributed by atoms with Crippen LogP contribution in [-0.4, -0.2) is 47.4 Å². The molecule has 3 N–H and O–H groups in total. The zero-order chi connectivity index (χ0) is 41.5. The SMILES string of the molecule is CCCCCCCCCCCCCCCCCC(=O)OCCCCCCCCCCCCCCCCCCC(=O)NC(CO)C(O)CCCCCCCCCCC. The maximum Gasteiger partial charge on any atom is 0.305 e. The van der Waals surface area contributed by atoms with Crippen molar-refractivity contribution < 1.29 is 24.5 Å². The number of aliphatic hydroxyl groups excluding tert-OH is 2. The molecule has 0 rings (SSSR count). The highest BCUT2D eigenvalue weighted by Crippen LogP contribution is 2.17. The van der Waals surface area contributed by atoms with Crippen molar-refractivity contribution in [3.63, 3.8) is 0 Å². The summed E-state index contributed by atoms with van der Waals surface area (Å²) in [5, 5.41) is 23.1. The first-order valence-corrected chi connectivity index (χ1v) is 25.8. The van der Waals surface area contributed by atoms with Gasteiger partial charge in [-0.05, 0) is 25.7 Å². The van der Waals surface area contributed by atoms with Crippen LogP contribution >= 0.6 is 0 Å². The minimum Gasteiger partial charge on any atom is -0.466 e. The molecule has 0 spiro atoms. The number of nitrogens with one attached hydrogen (secondary N) is 1. The molecule has 6 nitrogen and oxygen atoms in total. The van der Waals surface area contributed by atoms with E-state index < -0.39 is 12.1 Å². The normalized spacial score (nSPS) is 12.6. The topological polar surface area (TPSA) is 95.9 Å². The maximum atomic E-state index is 12.4. The number of esters is 1. The summed E-state index contributed by atoms with van der Waals surface area (Å²) in [5.41, 5.74) is 0. The number of carbonyl (C=O) groups excluding carboxylic acids is 2. The Morgan fingerprint density at radius 2 is 0.719 bits per heavy atom. The summed E-state index contributed by atoms with van der Waals surface area (Å²) < 4.78 is 5.47. The van der Waals surface area contributed by atoms with Crippen molar-refractivity contribution in [1.29, 1.82) is 0 Å². The van der Waals surface area contributed by atoms with E-state index in [-0.39, 0.29) is 18.5 Å². The zero-order valence-electron chi connectivity index (χ0n) is 38.6. The molecule has 57 heavy (non-hydrogen) atoms. The Bertz CT molecular complexity index is 806. The van der Waals surface area contributed by atoms with Crippen LogP contribution in [-0.2, 0) is 14.3 Å². The average Bonchev–Trinajstić information content (AvgIpc) is 3.21. The Labute approximate surface area is 356 Å². The van der Waals surface area contributed by atoms with E-state index >= 15 is 0 Å². The van der Waals surface area contributed by atoms with Gasteiger partial charge in [0.25, 0.3) is 0 Å². The van der Waals surface area contributed by atoms with Gasteiger partial charge in [0.15, 0.2) is 0 Å². The highest BCUT2D eigenvalue weighted by Gasteiger charge is 2.20. The molecule has 1 amide bonds. The molecule has 0 aromatic carbocycles. The molecule has 0 aliphatic rings. The van der Waals surface area contributed by atoms with Crippen molar-refractivity contribution in [2.75, 3.05) is 13.2 Å². The molecule has 0 aromatic rings. The number of aliphatic hydroxyl groups is 2. The Morgan fingerprint density at radius 3 is 1.07 bits per heavy atom. The number of carbonyl (C=O) groups is 2. The van der Waals surface area contributed by atoms with E-state index in [0.29, 0.717) is 25.9 Å². The predicted octanol–water partition coefficient (Wildman–Crippen LogP) is 15.2. The first-order valence-electron chi connectivity index (χ1n) is 25.8. The summed E-state index contributed by atoms with van der Waals surface area (Å²) in [6.45, 7) is 4.93. The van der Waals surface area contributed by atoms with Crippen molar-refractivity contribution in [2.45, 2.75) is 302 Å². The van der Waals surface area contributed by atoms with Crippen LogP contribution < -0.4 is 5.32 Å². The van der Waals surface area contributed by atoms with Crippen LogP contribution in [0.25, 0.3) is 0 Å². The van der Waals surface area contributed by atoms with Crippen LogP contribution in [0.4, 0.5) is 0 Å². The standard InChI is InChI=1S/C51H101NO5/c1-3-5-7-9-11-13-14-15-18-22-25-29-33-37-41-45-51(56)57-46-42-38-34-30-26-23-20-17-16-19-21-24-28-32-36-40-44-50(55)52-48(47-53)49(54)43-39-35-31-27-12-10-8-6-4-2/h48-49,53-54H,3-47H2,1-2H3,(H,52,55). The fraction of sp³-hybridized carbons (Fsp3) is 0.961. The summed E-state index contributed by atoms with van der Waals surface area (Å²) in [6.07, 6.45) is 52.2. The van der Waals surface area contributed by atoms with Crippen molar-refractivity contribution in [3.8, 4) is 0 Å². The number of hydrogen-bond acceptors (Lipinski definition) is 5. The lowest BCUT2D eigenvalue weighted by Crippen LogP contribution is -2.45. The van der Waals surface area contributed by atoms with Crippen LogP contribution in [0.2, 0.25) is 0 Å². The van der Waals surface area contributed by atoms with Gasteiger partial charge >= 0.3 is 5.97 Å². The number of hydrogen-bond donors (Lipinski definition) is 3. The molecule has 0 saturated carbocycles. The van der Waals surface area contributed by atoms with Crippen LogP contribution in [0.3, 0.4) is 0 Å². The van der Waals surface area contributed by atoms with Crippen molar-refractivity contribution in [1.82, 2.24) is 5.32 Å². The zero-order valence-corrected chi connectivity index (χ0v) is 38.6. The lowest BCUT2D eigenvalue weighted by atomic mass is 10.0. The van der Waals surface area contributed by atoms with Crippen LogP contribution in [0, 0.1) is 0 Å². The fourth-order valence-electron chi connectivity index (χ4n) is 8.17. The lowest BCUT2D eigenvalue weighted by molar-refractivity contribution is -0.143. The fourth-order valence-corrected chi connectivity index (χ4v) is 8.17. The number of ether oxygens (including phenoxy) is 1. The highest BCUT2D eigenvalue weighted by molar-refractivity contribution is 5.76. The summed E-state index contributed by atoms with van der Waals surface area (Å²) >= 11 is 0. The van der Waals surface area contributed by atoms with E-state index in [1.165, 1.54) is 218 Å². The van der Waals surface area contributed by atoms with Gasteiger partial charge in [0.1, 0.15) is 0 Å². The molecule has 0 fully saturated rings. The molecular formula is C51H101NO5. The molecule has 0 heterocycles. The van der Waals surface area contributed by atoms with Crippen LogP contribution in [0.1, 0.15) is 290 Å². The van der Waals surface area contributed by atoms with Gasteiger partial charge in [0.2, 0.25) is 5.91 Å². The number of rotatable bonds is 48. The minimum atomic E-state index is -0.665. The van der Waals surface area contributed by atoms with Gasteiger partial charge in [-0.1, -0.05) is 251 Å². The average molecular weight is 808 g/mol. The Hall–Kier alpha value is -1.14. The predicted molar refractivity (Wildman–Crippen MR) is 246 cm³/mol. The third kappa shape index (κ3) is 44.2. The molecule has 6 heteroatoms. The third-order valence-electron chi connectivity index (χ3n) is 12.2. The van der Waals surface area contributed by atoms with Crippen LogP contribution in [0.5, 0.6) is 0 Å². The molecule has 2 unspecified atom stereocenters. The second-order valence-electron chi connectivity index (χ2n) is 17.9.